The largest absolute Gasteiger partial charge is 0.278 e. The molecular formula is C18H22ClN3O2S. The molecule has 134 valence electrons. The molecule has 5 nitrogen and oxygen atoms in total. The quantitative estimate of drug-likeness (QED) is 0.560. The zero-order valence-electron chi connectivity index (χ0n) is 14.5. The minimum atomic E-state index is -3.45. The third-order valence-electron chi connectivity index (χ3n) is 3.65. The summed E-state index contributed by atoms with van der Waals surface area (Å²) >= 11 is 6.09. The van der Waals surface area contributed by atoms with Crippen molar-refractivity contribution in [1.82, 2.24) is 4.72 Å². The molecule has 0 aliphatic heterocycles. The van der Waals surface area contributed by atoms with Crippen molar-refractivity contribution in [2.45, 2.75) is 32.1 Å². The van der Waals surface area contributed by atoms with Gasteiger partial charge in [-0.15, -0.1) is 0 Å². The maximum Gasteiger partial charge on any atom is 0.240 e. The number of benzene rings is 2. The van der Waals surface area contributed by atoms with Crippen molar-refractivity contribution in [2.75, 3.05) is 12.0 Å². The predicted molar refractivity (Wildman–Crippen MR) is 104 cm³/mol. The molecule has 0 amide bonds. The van der Waals surface area contributed by atoms with Gasteiger partial charge in [0.15, 0.2) is 0 Å². The number of rotatable bonds is 7. The lowest BCUT2D eigenvalue weighted by Crippen LogP contribution is -2.24. The van der Waals surface area contributed by atoms with E-state index in [9.17, 15) is 8.42 Å². The average molecular weight is 380 g/mol. The van der Waals surface area contributed by atoms with Gasteiger partial charge in [-0.05, 0) is 55.7 Å². The highest BCUT2D eigenvalue weighted by atomic mass is 35.5. The molecule has 2 aromatic carbocycles. The molecule has 0 fully saturated rings. The molecule has 25 heavy (non-hydrogen) atoms. The molecule has 0 bridgehead atoms. The normalized spacial score (nSPS) is 12.2. The summed E-state index contributed by atoms with van der Waals surface area (Å²) in [6.45, 7) is 6.13. The first kappa shape index (κ1) is 19.4. The molecule has 0 aromatic heterocycles. The van der Waals surface area contributed by atoms with Crippen LogP contribution in [-0.2, 0) is 10.0 Å². The lowest BCUT2D eigenvalue weighted by atomic mass is 10.1. The van der Waals surface area contributed by atoms with Gasteiger partial charge < -0.3 is 0 Å². The molecular weight excluding hydrogens is 358 g/mol. The number of hydrogen-bond acceptors (Lipinski definition) is 4. The lowest BCUT2D eigenvalue weighted by molar-refractivity contribution is 0.581. The first-order chi connectivity index (χ1) is 11.8. The Morgan fingerprint density at radius 2 is 1.84 bits per heavy atom. The van der Waals surface area contributed by atoms with E-state index in [-0.39, 0.29) is 4.90 Å². The van der Waals surface area contributed by atoms with Gasteiger partial charge in [0.25, 0.3) is 0 Å². The second-order valence-electron chi connectivity index (χ2n) is 5.70. The van der Waals surface area contributed by atoms with Crippen LogP contribution in [0.3, 0.4) is 0 Å². The van der Waals surface area contributed by atoms with Crippen molar-refractivity contribution in [3.05, 3.63) is 58.6 Å². The van der Waals surface area contributed by atoms with Gasteiger partial charge in [0.1, 0.15) is 0 Å². The summed E-state index contributed by atoms with van der Waals surface area (Å²) in [4.78, 5) is 0.246. The highest BCUT2D eigenvalue weighted by Crippen LogP contribution is 2.20. The van der Waals surface area contributed by atoms with Gasteiger partial charge in [0.2, 0.25) is 10.0 Å². The van der Waals surface area contributed by atoms with Gasteiger partial charge in [-0.25, -0.2) is 13.1 Å². The van der Waals surface area contributed by atoms with Crippen LogP contribution in [0.5, 0.6) is 0 Å². The average Bonchev–Trinajstić information content (AvgIpc) is 2.61. The summed E-state index contributed by atoms with van der Waals surface area (Å²) in [6.07, 6.45) is 0.748. The van der Waals surface area contributed by atoms with Crippen LogP contribution in [0.25, 0.3) is 0 Å². The number of sulfonamides is 1. The van der Waals surface area contributed by atoms with Crippen molar-refractivity contribution < 1.29 is 8.42 Å². The van der Waals surface area contributed by atoms with Gasteiger partial charge in [0, 0.05) is 11.6 Å². The van der Waals surface area contributed by atoms with Crippen LogP contribution in [0, 0.1) is 6.92 Å². The Morgan fingerprint density at radius 3 is 2.44 bits per heavy atom. The number of hydrogen-bond donors (Lipinski definition) is 2. The summed E-state index contributed by atoms with van der Waals surface area (Å²) in [5.41, 5.74) is 6.32. The summed E-state index contributed by atoms with van der Waals surface area (Å²) in [7, 11) is -3.45. The molecule has 7 heteroatoms. The molecule has 0 radical (unpaired) electrons. The second-order valence-corrected chi connectivity index (χ2v) is 7.87. The van der Waals surface area contributed by atoms with Crippen LogP contribution in [0.4, 0.5) is 5.69 Å². The molecule has 2 aromatic rings. The van der Waals surface area contributed by atoms with Crippen LogP contribution in [-0.4, -0.2) is 20.7 Å². The zero-order chi connectivity index (χ0) is 18.4. The lowest BCUT2D eigenvalue weighted by Gasteiger charge is -2.08. The molecule has 2 rings (SSSR count). The minimum Gasteiger partial charge on any atom is -0.278 e. The number of hydrazone groups is 1. The molecule has 2 N–H and O–H groups in total. The maximum absolute atomic E-state index is 12.1. The van der Waals surface area contributed by atoms with Gasteiger partial charge in [-0.2, -0.15) is 5.10 Å². The number of halogens is 1. The van der Waals surface area contributed by atoms with E-state index < -0.39 is 10.0 Å². The van der Waals surface area contributed by atoms with Crippen LogP contribution >= 0.6 is 11.6 Å². The Labute approximate surface area is 154 Å². The van der Waals surface area contributed by atoms with Gasteiger partial charge in [-0.3, -0.25) is 5.43 Å². The van der Waals surface area contributed by atoms with Crippen molar-refractivity contribution in [2.24, 2.45) is 5.10 Å². The fourth-order valence-corrected chi connectivity index (χ4v) is 3.38. The van der Waals surface area contributed by atoms with Gasteiger partial charge >= 0.3 is 0 Å². The van der Waals surface area contributed by atoms with Crippen LogP contribution in [0.2, 0.25) is 5.02 Å². The summed E-state index contributed by atoms with van der Waals surface area (Å²) < 4.78 is 26.7. The number of nitrogens with zero attached hydrogens (tertiary/aromatic N) is 1. The Kier molecular flexibility index (Phi) is 6.58. The molecule has 0 saturated carbocycles. The highest BCUT2D eigenvalue weighted by molar-refractivity contribution is 7.89. The third-order valence-corrected chi connectivity index (χ3v) is 5.53. The number of aryl methyl sites for hydroxylation is 1. The molecule has 0 aliphatic carbocycles. The fraction of sp³-hybridized carbons (Fsp3) is 0.278. The van der Waals surface area contributed by atoms with E-state index >= 15 is 0 Å². The van der Waals surface area contributed by atoms with Crippen molar-refractivity contribution in [3.63, 3.8) is 0 Å². The minimum absolute atomic E-state index is 0.246. The Balaban J connectivity index is 2.11. The zero-order valence-corrected chi connectivity index (χ0v) is 16.1. The van der Waals surface area contributed by atoms with Gasteiger partial charge in [-0.1, -0.05) is 36.7 Å². The Hall–Kier alpha value is -1.89. The number of nitrogens with one attached hydrogen (secondary N) is 2. The molecule has 0 heterocycles. The number of anilines is 1. The highest BCUT2D eigenvalue weighted by Gasteiger charge is 2.12. The van der Waals surface area contributed by atoms with Crippen LogP contribution in [0.15, 0.2) is 52.5 Å². The van der Waals surface area contributed by atoms with E-state index in [1.54, 1.807) is 24.3 Å². The third kappa shape index (κ3) is 5.29. The van der Waals surface area contributed by atoms with Crippen molar-refractivity contribution in [3.8, 4) is 0 Å². The van der Waals surface area contributed by atoms with Gasteiger partial charge in [0.05, 0.1) is 16.3 Å². The monoisotopic (exact) mass is 379 g/mol. The van der Waals surface area contributed by atoms with E-state index in [0.29, 0.717) is 11.6 Å². The smallest absolute Gasteiger partial charge is 0.240 e. The second kappa shape index (κ2) is 8.47. The first-order valence-electron chi connectivity index (χ1n) is 8.00. The Morgan fingerprint density at radius 1 is 1.16 bits per heavy atom. The summed E-state index contributed by atoms with van der Waals surface area (Å²) in [5, 5.41) is 4.99. The van der Waals surface area contributed by atoms with E-state index in [1.807, 2.05) is 39.0 Å². The van der Waals surface area contributed by atoms with Crippen LogP contribution < -0.4 is 10.1 Å². The predicted octanol–water partition coefficient (Wildman–Crippen LogP) is 4.17. The standard InChI is InChI=1S/C18H22ClN3O2S/c1-4-11-20-25(23,24)17-9-6-15(7-10-17)14(3)21-22-16-8-5-13(2)18(19)12-16/h5-10,12,20,22H,4,11H2,1-3H3/b21-14-. The maximum atomic E-state index is 12.1. The first-order valence-corrected chi connectivity index (χ1v) is 9.86. The topological polar surface area (TPSA) is 70.6 Å². The fourth-order valence-electron chi connectivity index (χ4n) is 2.07. The molecule has 0 aliphatic rings. The summed E-state index contributed by atoms with van der Waals surface area (Å²) in [6, 6.07) is 12.3. The van der Waals surface area contributed by atoms with Crippen LogP contribution in [0.1, 0.15) is 31.4 Å². The molecule has 0 spiro atoms. The molecule has 0 atom stereocenters. The molecule has 0 unspecified atom stereocenters. The van der Waals surface area contributed by atoms with E-state index in [0.717, 1.165) is 28.9 Å². The van der Waals surface area contributed by atoms with E-state index in [2.05, 4.69) is 15.2 Å². The molecule has 0 saturated heterocycles. The SMILES string of the molecule is CCCNS(=O)(=O)c1ccc(/C(C)=N\Nc2ccc(C)c(Cl)c2)cc1. The summed E-state index contributed by atoms with van der Waals surface area (Å²) in [5.74, 6) is 0. The Bertz CT molecular complexity index is 862. The van der Waals surface area contributed by atoms with E-state index in [4.69, 9.17) is 11.6 Å². The van der Waals surface area contributed by atoms with Crippen molar-refractivity contribution >= 4 is 33.0 Å². The van der Waals surface area contributed by atoms with E-state index in [1.165, 1.54) is 0 Å². The van der Waals surface area contributed by atoms with Crippen molar-refractivity contribution in [1.29, 1.82) is 0 Å².